The van der Waals surface area contributed by atoms with Crippen LogP contribution in [0.5, 0.6) is 0 Å². The van der Waals surface area contributed by atoms with E-state index in [0.717, 1.165) is 12.6 Å². The molecule has 0 unspecified atom stereocenters. The fraction of sp³-hybridized carbons (Fsp3) is 0.667. The highest BCUT2D eigenvalue weighted by molar-refractivity contribution is 5.06. The summed E-state index contributed by atoms with van der Waals surface area (Å²) in [5.41, 5.74) is 1.39. The van der Waals surface area contributed by atoms with Crippen LogP contribution in [0.4, 0.5) is 0 Å². The second-order valence-electron chi connectivity index (χ2n) is 5.93. The van der Waals surface area contributed by atoms with Gasteiger partial charge in [0.1, 0.15) is 32.7 Å². The van der Waals surface area contributed by atoms with Crippen LogP contribution in [0.25, 0.3) is 0 Å². The molecule has 2 N–H and O–H groups in total. The third kappa shape index (κ3) is 2.90. The van der Waals surface area contributed by atoms with Gasteiger partial charge in [0.05, 0.1) is 6.04 Å². The first-order valence-corrected chi connectivity index (χ1v) is 7.49. The van der Waals surface area contributed by atoms with E-state index in [9.17, 15) is 0 Å². The molecule has 1 aliphatic carbocycles. The molecule has 3 heteroatoms. The molecule has 18 heavy (non-hydrogen) atoms. The average Bonchev–Trinajstić information content (AvgIpc) is 2.95. The Kier molecular flexibility index (Phi) is 3.91. The lowest BCUT2D eigenvalue weighted by Gasteiger charge is -2.33. The Bertz CT molecular complexity index is 351. The van der Waals surface area contributed by atoms with E-state index in [1.54, 1.807) is 4.90 Å². The van der Waals surface area contributed by atoms with Crippen LogP contribution < -0.4 is 9.80 Å². The molecule has 1 aromatic heterocycles. The van der Waals surface area contributed by atoms with Gasteiger partial charge in [0.25, 0.3) is 0 Å². The zero-order chi connectivity index (χ0) is 12.2. The van der Waals surface area contributed by atoms with Gasteiger partial charge in [-0.1, -0.05) is 6.07 Å². The van der Waals surface area contributed by atoms with E-state index in [0.29, 0.717) is 0 Å². The van der Waals surface area contributed by atoms with Crippen molar-refractivity contribution in [2.75, 3.05) is 26.2 Å². The molecule has 0 bridgehead atoms. The van der Waals surface area contributed by atoms with Gasteiger partial charge in [-0.2, -0.15) is 0 Å². The van der Waals surface area contributed by atoms with Gasteiger partial charge in [-0.3, -0.25) is 4.98 Å². The summed E-state index contributed by atoms with van der Waals surface area (Å²) < 4.78 is 0. The smallest absolute Gasteiger partial charge is 0.127 e. The van der Waals surface area contributed by atoms with Crippen molar-refractivity contribution in [3.8, 4) is 0 Å². The van der Waals surface area contributed by atoms with Crippen molar-refractivity contribution in [3.63, 3.8) is 0 Å². The SMILES string of the molecule is c1cncc(C[NH+]2CC[NH+](C3CCCC3)CC2)c1. The largest absolute Gasteiger partial charge is 0.323 e. The summed E-state index contributed by atoms with van der Waals surface area (Å²) in [6.07, 6.45) is 9.78. The Labute approximate surface area is 110 Å². The number of piperazine rings is 1. The van der Waals surface area contributed by atoms with Crippen LogP contribution in [0.3, 0.4) is 0 Å². The number of nitrogens with zero attached hydrogens (tertiary/aromatic N) is 1. The van der Waals surface area contributed by atoms with Gasteiger partial charge in [0.2, 0.25) is 0 Å². The maximum atomic E-state index is 4.21. The topological polar surface area (TPSA) is 21.8 Å². The van der Waals surface area contributed by atoms with Crippen molar-refractivity contribution < 1.29 is 9.80 Å². The highest BCUT2D eigenvalue weighted by Gasteiger charge is 2.31. The number of aromatic nitrogens is 1. The first-order valence-electron chi connectivity index (χ1n) is 7.49. The monoisotopic (exact) mass is 247 g/mol. The lowest BCUT2D eigenvalue weighted by Crippen LogP contribution is -3.29. The molecule has 0 atom stereocenters. The van der Waals surface area contributed by atoms with E-state index in [1.807, 2.05) is 17.3 Å². The van der Waals surface area contributed by atoms with Gasteiger partial charge >= 0.3 is 0 Å². The third-order valence-electron chi connectivity index (χ3n) is 4.71. The van der Waals surface area contributed by atoms with Crippen molar-refractivity contribution in [1.82, 2.24) is 4.98 Å². The molecule has 98 valence electrons. The van der Waals surface area contributed by atoms with Crippen LogP contribution >= 0.6 is 0 Å². The molecule has 3 nitrogen and oxygen atoms in total. The van der Waals surface area contributed by atoms with E-state index in [4.69, 9.17) is 0 Å². The number of hydrogen-bond donors (Lipinski definition) is 2. The first kappa shape index (κ1) is 12.1. The number of nitrogens with one attached hydrogen (secondary N) is 2. The standard InChI is InChI=1S/C15H23N3/c1-2-6-15(5-1)18-10-8-17(9-11-18)13-14-4-3-7-16-12-14/h3-4,7,12,15H,1-2,5-6,8-11,13H2/p+2. The normalized spacial score (nSPS) is 29.6. The molecule has 2 fully saturated rings. The molecule has 1 aromatic rings. The highest BCUT2D eigenvalue weighted by Crippen LogP contribution is 2.15. The summed E-state index contributed by atoms with van der Waals surface area (Å²) in [6, 6.07) is 5.25. The molecule has 1 saturated heterocycles. The molecule has 3 rings (SSSR count). The second kappa shape index (κ2) is 5.81. The summed E-state index contributed by atoms with van der Waals surface area (Å²) >= 11 is 0. The van der Waals surface area contributed by atoms with Gasteiger partial charge in [0.15, 0.2) is 0 Å². The van der Waals surface area contributed by atoms with Gasteiger partial charge < -0.3 is 9.80 Å². The molecule has 2 heterocycles. The van der Waals surface area contributed by atoms with Crippen LogP contribution in [0.2, 0.25) is 0 Å². The Morgan fingerprint density at radius 1 is 1.11 bits per heavy atom. The van der Waals surface area contributed by atoms with Crippen LogP contribution in [-0.2, 0) is 6.54 Å². The number of pyridine rings is 1. The van der Waals surface area contributed by atoms with Crippen molar-refractivity contribution in [3.05, 3.63) is 30.1 Å². The summed E-state index contributed by atoms with van der Waals surface area (Å²) in [4.78, 5) is 7.84. The van der Waals surface area contributed by atoms with Crippen molar-refractivity contribution in [1.29, 1.82) is 0 Å². The van der Waals surface area contributed by atoms with E-state index >= 15 is 0 Å². The van der Waals surface area contributed by atoms with E-state index in [-0.39, 0.29) is 0 Å². The molecule has 0 aromatic carbocycles. The Hall–Kier alpha value is -0.930. The highest BCUT2D eigenvalue weighted by atomic mass is 15.3. The quantitative estimate of drug-likeness (QED) is 0.725. The van der Waals surface area contributed by atoms with Crippen LogP contribution in [-0.4, -0.2) is 37.2 Å². The van der Waals surface area contributed by atoms with Crippen molar-refractivity contribution in [2.24, 2.45) is 0 Å². The lowest BCUT2D eigenvalue weighted by molar-refractivity contribution is -1.03. The lowest BCUT2D eigenvalue weighted by atomic mass is 10.1. The minimum atomic E-state index is 0.991. The second-order valence-corrected chi connectivity index (χ2v) is 5.93. The Morgan fingerprint density at radius 3 is 2.56 bits per heavy atom. The zero-order valence-corrected chi connectivity index (χ0v) is 11.2. The van der Waals surface area contributed by atoms with Gasteiger partial charge in [-0.25, -0.2) is 0 Å². The molecular formula is C15H25N3+2. The fourth-order valence-electron chi connectivity index (χ4n) is 3.64. The zero-order valence-electron chi connectivity index (χ0n) is 11.2. The van der Waals surface area contributed by atoms with Gasteiger partial charge in [-0.15, -0.1) is 0 Å². The van der Waals surface area contributed by atoms with Crippen molar-refractivity contribution in [2.45, 2.75) is 38.3 Å². The van der Waals surface area contributed by atoms with Crippen molar-refractivity contribution >= 4 is 0 Å². The summed E-state index contributed by atoms with van der Waals surface area (Å²) in [6.45, 7) is 6.58. The Morgan fingerprint density at radius 2 is 1.89 bits per heavy atom. The fourth-order valence-corrected chi connectivity index (χ4v) is 3.64. The van der Waals surface area contributed by atoms with E-state index < -0.39 is 0 Å². The van der Waals surface area contributed by atoms with Gasteiger partial charge in [-0.05, 0) is 31.7 Å². The average molecular weight is 247 g/mol. The van der Waals surface area contributed by atoms with Crippen LogP contribution in [0, 0.1) is 0 Å². The van der Waals surface area contributed by atoms with E-state index in [1.165, 1.54) is 57.4 Å². The molecule has 1 saturated carbocycles. The van der Waals surface area contributed by atoms with Crippen LogP contribution in [0.1, 0.15) is 31.2 Å². The predicted molar refractivity (Wildman–Crippen MR) is 71.6 cm³/mol. The molecule has 0 radical (unpaired) electrons. The third-order valence-corrected chi connectivity index (χ3v) is 4.71. The Balaban J connectivity index is 1.48. The number of quaternary nitrogens is 2. The van der Waals surface area contributed by atoms with Crippen LogP contribution in [0.15, 0.2) is 24.5 Å². The molecule has 2 aliphatic rings. The van der Waals surface area contributed by atoms with E-state index in [2.05, 4.69) is 17.1 Å². The summed E-state index contributed by atoms with van der Waals surface area (Å²) in [5.74, 6) is 0. The predicted octanol–water partition coefficient (Wildman–Crippen LogP) is -0.692. The molecule has 0 spiro atoms. The minimum absolute atomic E-state index is 0.991. The summed E-state index contributed by atoms with van der Waals surface area (Å²) in [5, 5.41) is 0. The molecule has 0 amide bonds. The summed E-state index contributed by atoms with van der Waals surface area (Å²) in [7, 11) is 0. The maximum Gasteiger partial charge on any atom is 0.127 e. The maximum absolute atomic E-state index is 4.21. The molecular weight excluding hydrogens is 222 g/mol. The van der Waals surface area contributed by atoms with Gasteiger partial charge in [0, 0.05) is 18.0 Å². The molecule has 1 aliphatic heterocycles. The first-order chi connectivity index (χ1) is 8.92. The minimum Gasteiger partial charge on any atom is -0.323 e. The number of hydrogen-bond acceptors (Lipinski definition) is 1. The number of rotatable bonds is 3.